The lowest BCUT2D eigenvalue weighted by molar-refractivity contribution is -0.384. The number of aromatic carboxylic acids is 1. The van der Waals surface area contributed by atoms with Crippen molar-refractivity contribution in [3.63, 3.8) is 0 Å². The van der Waals surface area contributed by atoms with Crippen LogP contribution in [0.2, 0.25) is 5.02 Å². The molecule has 0 saturated carbocycles. The Morgan fingerprint density at radius 1 is 1.17 bits per heavy atom. The molecule has 0 unspecified atom stereocenters. The van der Waals surface area contributed by atoms with E-state index in [1.807, 2.05) is 0 Å². The van der Waals surface area contributed by atoms with Crippen molar-refractivity contribution in [2.45, 2.75) is 0 Å². The molecule has 2 aromatic rings. The van der Waals surface area contributed by atoms with Crippen molar-refractivity contribution < 1.29 is 24.3 Å². The van der Waals surface area contributed by atoms with E-state index < -0.39 is 16.6 Å². The number of rotatable bonds is 6. The Balaban J connectivity index is 2.51. The van der Waals surface area contributed by atoms with Crippen molar-refractivity contribution in [2.24, 2.45) is 0 Å². The van der Waals surface area contributed by atoms with Gasteiger partial charge in [0, 0.05) is 30.0 Å². The molecule has 0 fully saturated rings. The molecule has 126 valence electrons. The fourth-order valence-electron chi connectivity index (χ4n) is 2.02. The van der Waals surface area contributed by atoms with Crippen LogP contribution in [0, 0.1) is 10.1 Å². The molecule has 0 amide bonds. The first-order valence-electron chi connectivity index (χ1n) is 6.57. The number of anilines is 2. The van der Waals surface area contributed by atoms with Crippen molar-refractivity contribution in [1.29, 1.82) is 0 Å². The molecule has 9 heteroatoms. The molecule has 0 spiro atoms. The molecular formula is C15H13ClN2O6. The standard InChI is InChI=1S/C15H13ClN2O6/c1-23-9-3-8(4-10(5-9)24-2)17-13-7-12(16)14(18(21)22)6-11(13)15(19)20/h3-7,17H,1-2H3,(H,19,20). The quantitative estimate of drug-likeness (QED) is 0.602. The third kappa shape index (κ3) is 3.66. The Morgan fingerprint density at radius 2 is 1.75 bits per heavy atom. The highest BCUT2D eigenvalue weighted by atomic mass is 35.5. The van der Waals surface area contributed by atoms with E-state index in [1.165, 1.54) is 20.3 Å². The van der Waals surface area contributed by atoms with Gasteiger partial charge in [0.2, 0.25) is 0 Å². The minimum absolute atomic E-state index is 0.105. The van der Waals surface area contributed by atoms with E-state index in [0.29, 0.717) is 17.2 Å². The van der Waals surface area contributed by atoms with Gasteiger partial charge in [-0.2, -0.15) is 0 Å². The first-order valence-corrected chi connectivity index (χ1v) is 6.94. The van der Waals surface area contributed by atoms with Gasteiger partial charge in [-0.15, -0.1) is 0 Å². The highest BCUT2D eigenvalue weighted by Gasteiger charge is 2.21. The van der Waals surface area contributed by atoms with Crippen LogP contribution in [-0.4, -0.2) is 30.2 Å². The van der Waals surface area contributed by atoms with Gasteiger partial charge in [-0.3, -0.25) is 10.1 Å². The summed E-state index contributed by atoms with van der Waals surface area (Å²) in [6, 6.07) is 6.97. The van der Waals surface area contributed by atoms with E-state index in [1.54, 1.807) is 18.2 Å². The molecule has 0 bridgehead atoms. The largest absolute Gasteiger partial charge is 0.497 e. The number of methoxy groups -OCH3 is 2. The van der Waals surface area contributed by atoms with Crippen molar-refractivity contribution in [3.05, 3.63) is 51.0 Å². The molecule has 2 N–H and O–H groups in total. The molecule has 2 aromatic carbocycles. The zero-order chi connectivity index (χ0) is 17.9. The van der Waals surface area contributed by atoms with Crippen LogP contribution < -0.4 is 14.8 Å². The number of nitrogens with one attached hydrogen (secondary N) is 1. The fraction of sp³-hybridized carbons (Fsp3) is 0.133. The number of carbonyl (C=O) groups is 1. The van der Waals surface area contributed by atoms with Gasteiger partial charge in [0.05, 0.1) is 30.4 Å². The number of nitro groups is 1. The lowest BCUT2D eigenvalue weighted by Gasteiger charge is -2.13. The average Bonchev–Trinajstić information content (AvgIpc) is 2.53. The van der Waals surface area contributed by atoms with E-state index in [0.717, 1.165) is 6.07 Å². The minimum atomic E-state index is -1.33. The first kappa shape index (κ1) is 17.4. The van der Waals surface area contributed by atoms with Gasteiger partial charge in [0.15, 0.2) is 0 Å². The highest BCUT2D eigenvalue weighted by molar-refractivity contribution is 6.33. The summed E-state index contributed by atoms with van der Waals surface area (Å²) < 4.78 is 10.3. The predicted octanol–water partition coefficient (Wildman–Crippen LogP) is 3.71. The summed E-state index contributed by atoms with van der Waals surface area (Å²) >= 11 is 5.86. The number of carboxylic acids is 1. The molecule has 2 rings (SSSR count). The topological polar surface area (TPSA) is 111 Å². The summed E-state index contributed by atoms with van der Waals surface area (Å²) in [7, 11) is 2.95. The summed E-state index contributed by atoms with van der Waals surface area (Å²) in [6.07, 6.45) is 0. The first-order chi connectivity index (χ1) is 11.3. The van der Waals surface area contributed by atoms with E-state index in [-0.39, 0.29) is 16.3 Å². The average molecular weight is 353 g/mol. The smallest absolute Gasteiger partial charge is 0.338 e. The van der Waals surface area contributed by atoms with Gasteiger partial charge in [0.25, 0.3) is 5.69 Å². The number of benzene rings is 2. The van der Waals surface area contributed by atoms with Gasteiger partial charge >= 0.3 is 5.97 Å². The van der Waals surface area contributed by atoms with Gasteiger partial charge < -0.3 is 19.9 Å². The summed E-state index contributed by atoms with van der Waals surface area (Å²) in [6.45, 7) is 0. The molecule has 0 aliphatic rings. The predicted molar refractivity (Wildman–Crippen MR) is 87.9 cm³/mol. The number of hydrogen-bond acceptors (Lipinski definition) is 6. The van der Waals surface area contributed by atoms with Crippen molar-refractivity contribution in [3.8, 4) is 11.5 Å². The van der Waals surface area contributed by atoms with Gasteiger partial charge in [-0.1, -0.05) is 11.6 Å². The zero-order valence-corrected chi connectivity index (χ0v) is 13.5. The monoisotopic (exact) mass is 352 g/mol. The Bertz CT molecular complexity index is 787. The molecule has 0 saturated heterocycles. The van der Waals surface area contributed by atoms with Crippen LogP contribution in [-0.2, 0) is 0 Å². The lowest BCUT2D eigenvalue weighted by atomic mass is 10.1. The maximum atomic E-state index is 11.4. The Morgan fingerprint density at radius 3 is 2.21 bits per heavy atom. The number of nitrogens with zero attached hydrogens (tertiary/aromatic N) is 1. The second-order valence-corrected chi connectivity index (χ2v) is 5.05. The number of ether oxygens (including phenoxy) is 2. The number of nitro benzene ring substituents is 1. The highest BCUT2D eigenvalue weighted by Crippen LogP contribution is 2.34. The summed E-state index contributed by atoms with van der Waals surface area (Å²) in [5.41, 5.74) is -0.192. The van der Waals surface area contributed by atoms with Gasteiger partial charge in [-0.05, 0) is 6.07 Å². The van der Waals surface area contributed by atoms with Crippen molar-refractivity contribution in [1.82, 2.24) is 0 Å². The van der Waals surface area contributed by atoms with E-state index in [2.05, 4.69) is 5.32 Å². The van der Waals surface area contributed by atoms with Crippen LogP contribution in [0.15, 0.2) is 30.3 Å². The SMILES string of the molecule is COc1cc(Nc2cc(Cl)c([N+](=O)[O-])cc2C(=O)O)cc(OC)c1. The van der Waals surface area contributed by atoms with Crippen LogP contribution in [0.25, 0.3) is 0 Å². The third-order valence-corrected chi connectivity index (χ3v) is 3.45. The molecule has 24 heavy (non-hydrogen) atoms. The molecule has 0 atom stereocenters. The van der Waals surface area contributed by atoms with Crippen LogP contribution >= 0.6 is 11.6 Å². The third-order valence-electron chi connectivity index (χ3n) is 3.14. The number of halogens is 1. The molecule has 8 nitrogen and oxygen atoms in total. The summed E-state index contributed by atoms with van der Waals surface area (Å²) in [5.74, 6) is -0.351. The molecule has 0 aromatic heterocycles. The van der Waals surface area contributed by atoms with Crippen LogP contribution in [0.3, 0.4) is 0 Å². The zero-order valence-electron chi connectivity index (χ0n) is 12.7. The second kappa shape index (κ2) is 7.05. The van der Waals surface area contributed by atoms with E-state index in [9.17, 15) is 20.0 Å². The molecule has 0 aliphatic heterocycles. The van der Waals surface area contributed by atoms with Crippen LogP contribution in [0.4, 0.5) is 17.1 Å². The maximum Gasteiger partial charge on any atom is 0.338 e. The van der Waals surface area contributed by atoms with E-state index >= 15 is 0 Å². The Kier molecular flexibility index (Phi) is 5.10. The van der Waals surface area contributed by atoms with Gasteiger partial charge in [-0.25, -0.2) is 4.79 Å². The van der Waals surface area contributed by atoms with Crippen molar-refractivity contribution in [2.75, 3.05) is 19.5 Å². The summed E-state index contributed by atoms with van der Waals surface area (Å²) in [4.78, 5) is 21.6. The maximum absolute atomic E-state index is 11.4. The molecule has 0 aliphatic carbocycles. The van der Waals surface area contributed by atoms with Crippen LogP contribution in [0.5, 0.6) is 11.5 Å². The van der Waals surface area contributed by atoms with Crippen LogP contribution in [0.1, 0.15) is 10.4 Å². The lowest BCUT2D eigenvalue weighted by Crippen LogP contribution is -2.05. The molecular weight excluding hydrogens is 340 g/mol. The normalized spacial score (nSPS) is 10.1. The Hall–Kier alpha value is -3.00. The second-order valence-electron chi connectivity index (χ2n) is 4.64. The summed E-state index contributed by atoms with van der Waals surface area (Å²) in [5, 5.41) is 22.9. The van der Waals surface area contributed by atoms with Crippen molar-refractivity contribution >= 4 is 34.6 Å². The minimum Gasteiger partial charge on any atom is -0.497 e. The fourth-order valence-corrected chi connectivity index (χ4v) is 2.25. The van der Waals surface area contributed by atoms with Gasteiger partial charge in [0.1, 0.15) is 16.5 Å². The molecule has 0 radical (unpaired) electrons. The number of hydrogen-bond donors (Lipinski definition) is 2. The Labute approximate surface area is 141 Å². The molecule has 0 heterocycles. The number of carboxylic acid groups (broad SMARTS) is 1. The van der Waals surface area contributed by atoms with E-state index in [4.69, 9.17) is 21.1 Å².